The molecule has 0 spiro atoms. The fourth-order valence-electron chi connectivity index (χ4n) is 2.95. The summed E-state index contributed by atoms with van der Waals surface area (Å²) >= 11 is 0. The molecular formula is C13H18N2. The van der Waals surface area contributed by atoms with E-state index in [0.717, 1.165) is 6.04 Å². The number of fused-ring (bicyclic) bond motifs is 3. The number of piperidine rings is 1. The van der Waals surface area contributed by atoms with Gasteiger partial charge in [-0.3, -0.25) is 0 Å². The zero-order valence-corrected chi connectivity index (χ0v) is 9.32. The SMILES string of the molecule is CN1CC2CCCCN2c2ccccc21. The van der Waals surface area contributed by atoms with Gasteiger partial charge in [0.25, 0.3) is 0 Å². The highest BCUT2D eigenvalue weighted by atomic mass is 15.3. The monoisotopic (exact) mass is 202 g/mol. The maximum atomic E-state index is 2.61. The van der Waals surface area contributed by atoms with Gasteiger partial charge in [0.2, 0.25) is 0 Å². The number of likely N-dealkylation sites (N-methyl/N-ethyl adjacent to an activating group) is 1. The zero-order chi connectivity index (χ0) is 10.3. The number of rotatable bonds is 0. The molecular weight excluding hydrogens is 184 g/mol. The predicted octanol–water partition coefficient (Wildman–Crippen LogP) is 2.50. The van der Waals surface area contributed by atoms with Crippen molar-refractivity contribution in [3.8, 4) is 0 Å². The number of hydrogen-bond acceptors (Lipinski definition) is 2. The summed E-state index contributed by atoms with van der Waals surface area (Å²) in [6.07, 6.45) is 4.12. The fraction of sp³-hybridized carbons (Fsp3) is 0.538. The Morgan fingerprint density at radius 3 is 2.80 bits per heavy atom. The Labute approximate surface area is 91.5 Å². The summed E-state index contributed by atoms with van der Waals surface area (Å²) in [6, 6.07) is 9.55. The van der Waals surface area contributed by atoms with Gasteiger partial charge in [-0.05, 0) is 31.4 Å². The molecule has 0 bridgehead atoms. The molecule has 2 aliphatic rings. The van der Waals surface area contributed by atoms with Crippen LogP contribution in [0.3, 0.4) is 0 Å². The molecule has 2 aliphatic heterocycles. The Hall–Kier alpha value is -1.18. The van der Waals surface area contributed by atoms with Crippen LogP contribution in [0.2, 0.25) is 0 Å². The van der Waals surface area contributed by atoms with E-state index in [0.29, 0.717) is 0 Å². The maximum absolute atomic E-state index is 2.61. The summed E-state index contributed by atoms with van der Waals surface area (Å²) in [4.78, 5) is 5.01. The van der Waals surface area contributed by atoms with Gasteiger partial charge in [0.15, 0.2) is 0 Å². The molecule has 1 fully saturated rings. The van der Waals surface area contributed by atoms with E-state index < -0.39 is 0 Å². The van der Waals surface area contributed by atoms with E-state index in [1.807, 2.05) is 0 Å². The Kier molecular flexibility index (Phi) is 2.08. The Balaban J connectivity index is 2.03. The molecule has 0 amide bonds. The first kappa shape index (κ1) is 9.08. The number of para-hydroxylation sites is 2. The van der Waals surface area contributed by atoms with Crippen LogP contribution in [-0.4, -0.2) is 26.2 Å². The Bertz CT molecular complexity index is 361. The van der Waals surface area contributed by atoms with E-state index in [9.17, 15) is 0 Å². The number of nitrogens with zero attached hydrogens (tertiary/aromatic N) is 2. The topological polar surface area (TPSA) is 6.48 Å². The van der Waals surface area contributed by atoms with Crippen LogP contribution in [0.15, 0.2) is 24.3 Å². The third-order valence-corrected chi connectivity index (χ3v) is 3.71. The second-order valence-corrected chi connectivity index (χ2v) is 4.71. The third-order valence-electron chi connectivity index (χ3n) is 3.71. The first-order chi connectivity index (χ1) is 7.36. The molecule has 2 heteroatoms. The molecule has 3 rings (SSSR count). The quantitative estimate of drug-likeness (QED) is 0.637. The van der Waals surface area contributed by atoms with Crippen LogP contribution in [0.4, 0.5) is 11.4 Å². The third kappa shape index (κ3) is 1.39. The molecule has 0 aliphatic carbocycles. The lowest BCUT2D eigenvalue weighted by Crippen LogP contribution is -2.50. The highest BCUT2D eigenvalue weighted by Gasteiger charge is 2.30. The van der Waals surface area contributed by atoms with Crippen LogP contribution in [0.1, 0.15) is 19.3 Å². The highest BCUT2D eigenvalue weighted by molar-refractivity contribution is 5.73. The normalized spacial score (nSPS) is 24.7. The molecule has 1 saturated heterocycles. The molecule has 0 N–H and O–H groups in total. The standard InChI is InChI=1S/C13H18N2/c1-14-10-11-6-4-5-9-15(11)13-8-3-2-7-12(13)14/h2-3,7-8,11H,4-6,9-10H2,1H3. The summed E-state index contributed by atoms with van der Waals surface area (Å²) in [7, 11) is 2.21. The van der Waals surface area contributed by atoms with Crippen LogP contribution in [0.25, 0.3) is 0 Å². The lowest BCUT2D eigenvalue weighted by Gasteiger charge is -2.45. The molecule has 80 valence electrons. The van der Waals surface area contributed by atoms with Crippen molar-refractivity contribution >= 4 is 11.4 Å². The van der Waals surface area contributed by atoms with Crippen molar-refractivity contribution in [2.45, 2.75) is 25.3 Å². The Morgan fingerprint density at radius 2 is 1.93 bits per heavy atom. The molecule has 0 saturated carbocycles. The molecule has 15 heavy (non-hydrogen) atoms. The average Bonchev–Trinajstić information content (AvgIpc) is 2.30. The van der Waals surface area contributed by atoms with Crippen molar-refractivity contribution < 1.29 is 0 Å². The van der Waals surface area contributed by atoms with Gasteiger partial charge in [0, 0.05) is 26.2 Å². The molecule has 1 atom stereocenters. The van der Waals surface area contributed by atoms with E-state index in [4.69, 9.17) is 0 Å². The van der Waals surface area contributed by atoms with E-state index in [-0.39, 0.29) is 0 Å². The highest BCUT2D eigenvalue weighted by Crippen LogP contribution is 2.37. The van der Waals surface area contributed by atoms with Crippen molar-refractivity contribution in [3.05, 3.63) is 24.3 Å². The molecule has 2 nitrogen and oxygen atoms in total. The van der Waals surface area contributed by atoms with E-state index in [1.54, 1.807) is 0 Å². The second-order valence-electron chi connectivity index (χ2n) is 4.71. The van der Waals surface area contributed by atoms with Gasteiger partial charge in [-0.25, -0.2) is 0 Å². The van der Waals surface area contributed by atoms with Crippen LogP contribution in [0, 0.1) is 0 Å². The first-order valence-electron chi connectivity index (χ1n) is 5.93. The minimum atomic E-state index is 0.749. The minimum Gasteiger partial charge on any atom is -0.371 e. The van der Waals surface area contributed by atoms with Crippen molar-refractivity contribution in [1.29, 1.82) is 0 Å². The number of hydrogen-bond donors (Lipinski definition) is 0. The van der Waals surface area contributed by atoms with Gasteiger partial charge in [-0.15, -0.1) is 0 Å². The van der Waals surface area contributed by atoms with Gasteiger partial charge in [0.05, 0.1) is 11.4 Å². The molecule has 1 unspecified atom stereocenters. The largest absolute Gasteiger partial charge is 0.371 e. The van der Waals surface area contributed by atoms with Gasteiger partial charge in [-0.1, -0.05) is 12.1 Å². The van der Waals surface area contributed by atoms with Crippen LogP contribution in [-0.2, 0) is 0 Å². The van der Waals surface area contributed by atoms with Crippen LogP contribution >= 0.6 is 0 Å². The van der Waals surface area contributed by atoms with E-state index in [2.05, 4.69) is 41.1 Å². The average molecular weight is 202 g/mol. The number of benzene rings is 1. The Morgan fingerprint density at radius 1 is 1.13 bits per heavy atom. The molecule has 1 aromatic rings. The van der Waals surface area contributed by atoms with Crippen molar-refractivity contribution in [2.75, 3.05) is 29.9 Å². The molecule has 2 heterocycles. The summed E-state index contributed by atoms with van der Waals surface area (Å²) < 4.78 is 0. The minimum absolute atomic E-state index is 0.749. The lowest BCUT2D eigenvalue weighted by atomic mass is 9.97. The summed E-state index contributed by atoms with van der Waals surface area (Å²) in [5.41, 5.74) is 2.84. The predicted molar refractivity (Wildman–Crippen MR) is 64.7 cm³/mol. The number of anilines is 2. The van der Waals surface area contributed by atoms with E-state index >= 15 is 0 Å². The fourth-order valence-corrected chi connectivity index (χ4v) is 2.95. The van der Waals surface area contributed by atoms with Gasteiger partial charge in [-0.2, -0.15) is 0 Å². The molecule has 0 aromatic heterocycles. The smallest absolute Gasteiger partial charge is 0.0607 e. The summed E-state index contributed by atoms with van der Waals surface area (Å²) in [6.45, 7) is 2.44. The lowest BCUT2D eigenvalue weighted by molar-refractivity contribution is 0.450. The molecule has 1 aromatic carbocycles. The summed E-state index contributed by atoms with van der Waals surface area (Å²) in [5.74, 6) is 0. The van der Waals surface area contributed by atoms with E-state index in [1.165, 1.54) is 43.7 Å². The molecule has 0 radical (unpaired) electrons. The first-order valence-corrected chi connectivity index (χ1v) is 5.93. The van der Waals surface area contributed by atoms with Gasteiger partial charge < -0.3 is 9.80 Å². The van der Waals surface area contributed by atoms with Gasteiger partial charge in [0.1, 0.15) is 0 Å². The van der Waals surface area contributed by atoms with Crippen LogP contribution < -0.4 is 9.80 Å². The maximum Gasteiger partial charge on any atom is 0.0607 e. The van der Waals surface area contributed by atoms with Crippen molar-refractivity contribution in [3.63, 3.8) is 0 Å². The zero-order valence-electron chi connectivity index (χ0n) is 9.32. The van der Waals surface area contributed by atoms with Crippen molar-refractivity contribution in [1.82, 2.24) is 0 Å². The second kappa shape index (κ2) is 3.44. The van der Waals surface area contributed by atoms with Crippen LogP contribution in [0.5, 0.6) is 0 Å². The van der Waals surface area contributed by atoms with Gasteiger partial charge >= 0.3 is 0 Å². The van der Waals surface area contributed by atoms with Crippen molar-refractivity contribution in [2.24, 2.45) is 0 Å². The summed E-state index contributed by atoms with van der Waals surface area (Å²) in [5, 5.41) is 0.